The number of aryl methyl sites for hydroxylation is 1. The lowest BCUT2D eigenvalue weighted by atomic mass is 9.93. The SMILES string of the molecule is Cn1cc(C(NC(=O)NC2CCC2)C(=O)O)cn1. The number of urea groups is 1. The fraction of sp³-hybridized carbons (Fsp3) is 0.545. The van der Waals surface area contributed by atoms with Crippen LogP contribution in [-0.2, 0) is 11.8 Å². The van der Waals surface area contributed by atoms with Crippen molar-refractivity contribution in [2.24, 2.45) is 7.05 Å². The molecular formula is C11H16N4O3. The van der Waals surface area contributed by atoms with E-state index >= 15 is 0 Å². The fourth-order valence-electron chi connectivity index (χ4n) is 1.79. The molecule has 2 rings (SSSR count). The van der Waals surface area contributed by atoms with Gasteiger partial charge in [0.15, 0.2) is 6.04 Å². The molecule has 0 bridgehead atoms. The van der Waals surface area contributed by atoms with Crippen LogP contribution in [0.3, 0.4) is 0 Å². The lowest BCUT2D eigenvalue weighted by molar-refractivity contribution is -0.139. The summed E-state index contributed by atoms with van der Waals surface area (Å²) in [5, 5.41) is 18.2. The molecule has 18 heavy (non-hydrogen) atoms. The second-order valence-electron chi connectivity index (χ2n) is 4.46. The molecule has 0 spiro atoms. The predicted octanol–water partition coefficient (Wildman–Crippen LogP) is 0.397. The summed E-state index contributed by atoms with van der Waals surface area (Å²) in [6, 6.07) is -1.34. The van der Waals surface area contributed by atoms with E-state index in [0.29, 0.717) is 5.56 Å². The molecule has 0 radical (unpaired) electrons. The molecule has 7 heteroatoms. The molecule has 1 unspecified atom stereocenters. The Bertz CT molecular complexity index is 453. The Morgan fingerprint density at radius 1 is 1.56 bits per heavy atom. The summed E-state index contributed by atoms with van der Waals surface area (Å²) in [6.07, 6.45) is 6.02. The van der Waals surface area contributed by atoms with E-state index < -0.39 is 18.0 Å². The minimum absolute atomic E-state index is 0.174. The van der Waals surface area contributed by atoms with Crippen LogP contribution in [0.5, 0.6) is 0 Å². The van der Waals surface area contributed by atoms with Crippen LogP contribution < -0.4 is 10.6 Å². The molecule has 1 saturated carbocycles. The Labute approximate surface area is 104 Å². The van der Waals surface area contributed by atoms with Crippen molar-refractivity contribution in [2.45, 2.75) is 31.3 Å². The summed E-state index contributed by atoms with van der Waals surface area (Å²) in [4.78, 5) is 22.8. The Hall–Kier alpha value is -2.05. The van der Waals surface area contributed by atoms with Crippen LogP contribution in [0, 0.1) is 0 Å². The smallest absolute Gasteiger partial charge is 0.331 e. The molecule has 1 aromatic heterocycles. The van der Waals surface area contributed by atoms with Gasteiger partial charge >= 0.3 is 12.0 Å². The van der Waals surface area contributed by atoms with Gasteiger partial charge in [-0.3, -0.25) is 4.68 Å². The maximum atomic E-state index is 11.6. The number of aromatic nitrogens is 2. The van der Waals surface area contributed by atoms with Gasteiger partial charge in [-0.1, -0.05) is 0 Å². The highest BCUT2D eigenvalue weighted by molar-refractivity contribution is 5.83. The molecule has 0 aromatic carbocycles. The molecule has 1 aliphatic carbocycles. The van der Waals surface area contributed by atoms with Gasteiger partial charge in [0.05, 0.1) is 6.20 Å². The second kappa shape index (κ2) is 5.07. The van der Waals surface area contributed by atoms with Gasteiger partial charge in [-0.15, -0.1) is 0 Å². The zero-order chi connectivity index (χ0) is 13.1. The summed E-state index contributed by atoms with van der Waals surface area (Å²) in [5.74, 6) is -1.10. The summed E-state index contributed by atoms with van der Waals surface area (Å²) < 4.78 is 1.50. The molecular weight excluding hydrogens is 236 g/mol. The number of nitrogens with zero attached hydrogens (tertiary/aromatic N) is 2. The van der Waals surface area contributed by atoms with E-state index in [0.717, 1.165) is 19.3 Å². The molecule has 1 aromatic rings. The second-order valence-corrected chi connectivity index (χ2v) is 4.46. The number of carboxylic acids is 1. The van der Waals surface area contributed by atoms with Gasteiger partial charge in [0, 0.05) is 24.8 Å². The molecule has 1 atom stereocenters. The maximum absolute atomic E-state index is 11.6. The highest BCUT2D eigenvalue weighted by Crippen LogP contribution is 2.18. The first-order chi connectivity index (χ1) is 8.56. The van der Waals surface area contributed by atoms with Crippen molar-refractivity contribution in [1.29, 1.82) is 0 Å². The summed E-state index contributed by atoms with van der Waals surface area (Å²) >= 11 is 0. The van der Waals surface area contributed by atoms with E-state index in [1.54, 1.807) is 13.2 Å². The van der Waals surface area contributed by atoms with E-state index in [-0.39, 0.29) is 6.04 Å². The van der Waals surface area contributed by atoms with Crippen LogP contribution in [0.15, 0.2) is 12.4 Å². The van der Waals surface area contributed by atoms with Crippen LogP contribution in [0.1, 0.15) is 30.9 Å². The molecule has 1 fully saturated rings. The first kappa shape index (κ1) is 12.4. The standard InChI is InChI=1S/C11H16N4O3/c1-15-6-7(5-12-15)9(10(16)17)14-11(18)13-8-3-2-4-8/h5-6,8-9H,2-4H2,1H3,(H,16,17)(H2,13,14,18). The van der Waals surface area contributed by atoms with Gasteiger partial charge < -0.3 is 15.7 Å². The fourth-order valence-corrected chi connectivity index (χ4v) is 1.79. The molecule has 1 heterocycles. The zero-order valence-electron chi connectivity index (χ0n) is 10.1. The third-order valence-electron chi connectivity index (χ3n) is 3.02. The van der Waals surface area contributed by atoms with Crippen LogP contribution in [0.4, 0.5) is 4.79 Å². The minimum Gasteiger partial charge on any atom is -0.479 e. The number of amides is 2. The Morgan fingerprint density at radius 3 is 2.72 bits per heavy atom. The van der Waals surface area contributed by atoms with Crippen molar-refractivity contribution in [3.05, 3.63) is 18.0 Å². The summed E-state index contributed by atoms with van der Waals surface area (Å²) in [5.41, 5.74) is 0.453. The topological polar surface area (TPSA) is 96.2 Å². The lowest BCUT2D eigenvalue weighted by Gasteiger charge is -2.27. The van der Waals surface area contributed by atoms with Crippen molar-refractivity contribution in [3.63, 3.8) is 0 Å². The Balaban J connectivity index is 1.97. The third-order valence-corrected chi connectivity index (χ3v) is 3.02. The van der Waals surface area contributed by atoms with Gasteiger partial charge in [0.1, 0.15) is 0 Å². The number of hydrogen-bond acceptors (Lipinski definition) is 3. The van der Waals surface area contributed by atoms with Gasteiger partial charge in [0.25, 0.3) is 0 Å². The predicted molar refractivity (Wildman–Crippen MR) is 62.9 cm³/mol. The zero-order valence-corrected chi connectivity index (χ0v) is 10.1. The lowest BCUT2D eigenvalue weighted by Crippen LogP contribution is -2.47. The van der Waals surface area contributed by atoms with Crippen LogP contribution in [-0.4, -0.2) is 32.9 Å². The van der Waals surface area contributed by atoms with Crippen molar-refractivity contribution in [2.75, 3.05) is 0 Å². The molecule has 3 N–H and O–H groups in total. The molecule has 98 valence electrons. The number of carbonyl (C=O) groups excluding carboxylic acids is 1. The highest BCUT2D eigenvalue weighted by atomic mass is 16.4. The van der Waals surface area contributed by atoms with E-state index in [9.17, 15) is 9.59 Å². The first-order valence-corrected chi connectivity index (χ1v) is 5.84. The van der Waals surface area contributed by atoms with Crippen molar-refractivity contribution in [1.82, 2.24) is 20.4 Å². The molecule has 2 amide bonds. The first-order valence-electron chi connectivity index (χ1n) is 5.84. The normalized spacial score (nSPS) is 16.7. The van der Waals surface area contributed by atoms with Gasteiger partial charge in [-0.05, 0) is 19.3 Å². The van der Waals surface area contributed by atoms with Crippen LogP contribution >= 0.6 is 0 Å². The van der Waals surface area contributed by atoms with Crippen molar-refractivity contribution in [3.8, 4) is 0 Å². The monoisotopic (exact) mass is 252 g/mol. The largest absolute Gasteiger partial charge is 0.479 e. The molecule has 7 nitrogen and oxygen atoms in total. The molecule has 0 aliphatic heterocycles. The minimum atomic E-state index is -1.10. The van der Waals surface area contributed by atoms with Gasteiger partial charge in [-0.2, -0.15) is 5.10 Å². The number of nitrogens with one attached hydrogen (secondary N) is 2. The molecule has 1 aliphatic rings. The van der Waals surface area contributed by atoms with E-state index in [4.69, 9.17) is 5.11 Å². The average molecular weight is 252 g/mol. The third kappa shape index (κ3) is 2.79. The maximum Gasteiger partial charge on any atom is 0.331 e. The summed E-state index contributed by atoms with van der Waals surface area (Å²) in [7, 11) is 1.69. The Morgan fingerprint density at radius 2 is 2.28 bits per heavy atom. The number of carbonyl (C=O) groups is 2. The number of carboxylic acid groups (broad SMARTS) is 1. The number of rotatable bonds is 4. The van der Waals surface area contributed by atoms with Crippen LogP contribution in [0.25, 0.3) is 0 Å². The quantitative estimate of drug-likeness (QED) is 0.722. The van der Waals surface area contributed by atoms with Gasteiger partial charge in [0.2, 0.25) is 0 Å². The van der Waals surface area contributed by atoms with E-state index in [1.165, 1.54) is 10.9 Å². The number of hydrogen-bond donors (Lipinski definition) is 3. The van der Waals surface area contributed by atoms with Crippen LogP contribution in [0.2, 0.25) is 0 Å². The van der Waals surface area contributed by atoms with Gasteiger partial charge in [-0.25, -0.2) is 9.59 Å². The number of aliphatic carboxylic acids is 1. The van der Waals surface area contributed by atoms with E-state index in [1.807, 2.05) is 0 Å². The highest BCUT2D eigenvalue weighted by Gasteiger charge is 2.25. The summed E-state index contributed by atoms with van der Waals surface area (Å²) in [6.45, 7) is 0. The van der Waals surface area contributed by atoms with Crippen molar-refractivity contribution < 1.29 is 14.7 Å². The van der Waals surface area contributed by atoms with E-state index in [2.05, 4.69) is 15.7 Å². The van der Waals surface area contributed by atoms with Crippen molar-refractivity contribution >= 4 is 12.0 Å². The Kier molecular flexibility index (Phi) is 3.50. The average Bonchev–Trinajstić information content (AvgIpc) is 2.66. The molecule has 0 saturated heterocycles.